The molecule has 1 fully saturated rings. The van der Waals surface area contributed by atoms with Crippen molar-refractivity contribution in [3.63, 3.8) is 0 Å². The molecule has 3 rings (SSSR count). The van der Waals surface area contributed by atoms with Crippen LogP contribution in [0.15, 0.2) is 12.1 Å². The second-order valence-corrected chi connectivity index (χ2v) is 6.08. The maximum Gasteiger partial charge on any atom is 0.114 e. The zero-order chi connectivity index (χ0) is 13.5. The van der Waals surface area contributed by atoms with Gasteiger partial charge in [0.1, 0.15) is 5.82 Å². The fraction of sp³-hybridized carbons (Fsp3) is 0.562. The molecule has 0 unspecified atom stereocenters. The minimum Gasteiger partial charge on any atom is -0.341 e. The second-order valence-electron chi connectivity index (χ2n) is 6.08. The molecule has 0 saturated heterocycles. The van der Waals surface area contributed by atoms with Gasteiger partial charge in [-0.25, -0.2) is 4.98 Å². The molecule has 2 aromatic rings. The summed E-state index contributed by atoms with van der Waals surface area (Å²) in [6.45, 7) is 4.99. The normalized spacial score (nSPS) is 18.9. The number of aromatic nitrogens is 2. The minimum atomic E-state index is 0.0824. The lowest BCUT2D eigenvalue weighted by molar-refractivity contribution is 0.288. The van der Waals surface area contributed by atoms with E-state index in [0.29, 0.717) is 6.54 Å². The van der Waals surface area contributed by atoms with Gasteiger partial charge in [-0.15, -0.1) is 0 Å². The largest absolute Gasteiger partial charge is 0.341 e. The third-order valence-electron chi connectivity index (χ3n) is 4.80. The summed E-state index contributed by atoms with van der Waals surface area (Å²) < 4.78 is 0. The van der Waals surface area contributed by atoms with Crippen molar-refractivity contribution in [3.8, 4) is 0 Å². The average Bonchev–Trinajstić information content (AvgIpc) is 2.83. The molecule has 1 heterocycles. The summed E-state index contributed by atoms with van der Waals surface area (Å²) in [5.74, 6) is 1.11. The van der Waals surface area contributed by atoms with Gasteiger partial charge in [0.15, 0.2) is 0 Å². The highest BCUT2D eigenvalue weighted by atomic mass is 15.0. The van der Waals surface area contributed by atoms with Crippen LogP contribution in [0.25, 0.3) is 11.0 Å². The van der Waals surface area contributed by atoms with Crippen molar-refractivity contribution in [3.05, 3.63) is 29.1 Å². The van der Waals surface area contributed by atoms with Crippen molar-refractivity contribution in [1.82, 2.24) is 9.97 Å². The number of hydrogen-bond donors (Lipinski definition) is 2. The zero-order valence-corrected chi connectivity index (χ0v) is 11.9. The number of imidazole rings is 1. The topological polar surface area (TPSA) is 54.7 Å². The number of nitrogens with zero attached hydrogens (tertiary/aromatic N) is 1. The minimum absolute atomic E-state index is 0.0824. The van der Waals surface area contributed by atoms with E-state index in [0.717, 1.165) is 16.9 Å². The van der Waals surface area contributed by atoms with Crippen molar-refractivity contribution in [2.75, 3.05) is 6.54 Å². The Morgan fingerprint density at radius 2 is 1.84 bits per heavy atom. The Morgan fingerprint density at radius 1 is 1.16 bits per heavy atom. The number of rotatable bonds is 2. The van der Waals surface area contributed by atoms with Gasteiger partial charge in [0.2, 0.25) is 0 Å². The lowest BCUT2D eigenvalue weighted by Gasteiger charge is -2.34. The number of benzene rings is 1. The van der Waals surface area contributed by atoms with Crippen molar-refractivity contribution in [2.45, 2.75) is 51.4 Å². The van der Waals surface area contributed by atoms with Crippen LogP contribution in [0.4, 0.5) is 0 Å². The van der Waals surface area contributed by atoms with E-state index < -0.39 is 0 Å². The molecule has 3 N–H and O–H groups in total. The highest BCUT2D eigenvalue weighted by molar-refractivity contribution is 5.77. The quantitative estimate of drug-likeness (QED) is 0.867. The molecule has 1 saturated carbocycles. The van der Waals surface area contributed by atoms with E-state index in [1.807, 2.05) is 0 Å². The molecular formula is C16H23N3. The number of hydrogen-bond acceptors (Lipinski definition) is 2. The Balaban J connectivity index is 2.09. The monoisotopic (exact) mass is 257 g/mol. The van der Waals surface area contributed by atoms with E-state index in [1.54, 1.807) is 0 Å². The first-order chi connectivity index (χ1) is 9.14. The van der Waals surface area contributed by atoms with Crippen molar-refractivity contribution in [2.24, 2.45) is 5.73 Å². The van der Waals surface area contributed by atoms with E-state index in [4.69, 9.17) is 10.7 Å². The van der Waals surface area contributed by atoms with Crippen LogP contribution >= 0.6 is 0 Å². The first-order valence-corrected chi connectivity index (χ1v) is 7.32. The molecule has 1 aromatic heterocycles. The highest BCUT2D eigenvalue weighted by Crippen LogP contribution is 2.38. The van der Waals surface area contributed by atoms with Crippen LogP contribution in [-0.2, 0) is 5.41 Å². The van der Waals surface area contributed by atoms with Gasteiger partial charge in [0.25, 0.3) is 0 Å². The van der Waals surface area contributed by atoms with Crippen molar-refractivity contribution < 1.29 is 0 Å². The number of fused-ring (bicyclic) bond motifs is 1. The molecule has 19 heavy (non-hydrogen) atoms. The van der Waals surface area contributed by atoms with Gasteiger partial charge in [-0.1, -0.05) is 19.3 Å². The summed E-state index contributed by atoms with van der Waals surface area (Å²) in [5, 5.41) is 0. The maximum absolute atomic E-state index is 6.09. The average molecular weight is 257 g/mol. The molecular weight excluding hydrogens is 234 g/mol. The molecule has 1 aliphatic carbocycles. The Kier molecular flexibility index (Phi) is 3.09. The molecule has 3 heteroatoms. The van der Waals surface area contributed by atoms with E-state index in [2.05, 4.69) is 31.0 Å². The first-order valence-electron chi connectivity index (χ1n) is 7.32. The molecule has 0 radical (unpaired) electrons. The van der Waals surface area contributed by atoms with Gasteiger partial charge < -0.3 is 10.7 Å². The molecule has 1 aromatic carbocycles. The summed E-state index contributed by atoms with van der Waals surface area (Å²) in [6.07, 6.45) is 6.21. The number of nitrogens with two attached hydrogens (primary N) is 1. The van der Waals surface area contributed by atoms with Gasteiger partial charge in [0.05, 0.1) is 11.0 Å². The lowest BCUT2D eigenvalue weighted by atomic mass is 9.73. The third kappa shape index (κ3) is 2.06. The maximum atomic E-state index is 6.09. The molecule has 102 valence electrons. The van der Waals surface area contributed by atoms with Crippen molar-refractivity contribution in [1.29, 1.82) is 0 Å². The van der Waals surface area contributed by atoms with Gasteiger partial charge in [-0.05, 0) is 49.9 Å². The fourth-order valence-corrected chi connectivity index (χ4v) is 3.29. The van der Waals surface area contributed by atoms with Gasteiger partial charge in [-0.3, -0.25) is 0 Å². The Morgan fingerprint density at radius 3 is 2.53 bits per heavy atom. The summed E-state index contributed by atoms with van der Waals surface area (Å²) in [7, 11) is 0. The third-order valence-corrected chi connectivity index (χ3v) is 4.80. The SMILES string of the molecule is Cc1cc2nc(C3(CN)CCCCC3)[nH]c2cc1C. The van der Waals surface area contributed by atoms with E-state index in [1.165, 1.54) is 43.2 Å². The van der Waals surface area contributed by atoms with Crippen LogP contribution in [0.1, 0.15) is 49.1 Å². The van der Waals surface area contributed by atoms with Crippen LogP contribution in [0.2, 0.25) is 0 Å². The predicted octanol–water partition coefficient (Wildman–Crippen LogP) is 3.34. The van der Waals surface area contributed by atoms with E-state index in [9.17, 15) is 0 Å². The molecule has 0 spiro atoms. The number of aryl methyl sites for hydroxylation is 2. The smallest absolute Gasteiger partial charge is 0.114 e. The summed E-state index contributed by atoms with van der Waals surface area (Å²) in [6, 6.07) is 4.38. The molecule has 0 amide bonds. The van der Waals surface area contributed by atoms with Crippen LogP contribution in [0.3, 0.4) is 0 Å². The fourth-order valence-electron chi connectivity index (χ4n) is 3.29. The molecule has 0 atom stereocenters. The van der Waals surface area contributed by atoms with E-state index >= 15 is 0 Å². The summed E-state index contributed by atoms with van der Waals surface area (Å²) in [5.41, 5.74) is 11.0. The predicted molar refractivity (Wildman–Crippen MR) is 79.4 cm³/mol. The van der Waals surface area contributed by atoms with Crippen LogP contribution in [0, 0.1) is 13.8 Å². The van der Waals surface area contributed by atoms with Crippen LogP contribution in [-0.4, -0.2) is 16.5 Å². The van der Waals surface area contributed by atoms with Crippen LogP contribution < -0.4 is 5.73 Å². The molecule has 0 aliphatic heterocycles. The number of H-pyrrole nitrogens is 1. The first kappa shape index (κ1) is 12.7. The van der Waals surface area contributed by atoms with Gasteiger partial charge in [-0.2, -0.15) is 0 Å². The van der Waals surface area contributed by atoms with Gasteiger partial charge in [0, 0.05) is 12.0 Å². The molecule has 1 aliphatic rings. The highest BCUT2D eigenvalue weighted by Gasteiger charge is 2.35. The summed E-state index contributed by atoms with van der Waals surface area (Å²) in [4.78, 5) is 8.38. The molecule has 0 bridgehead atoms. The van der Waals surface area contributed by atoms with Crippen molar-refractivity contribution >= 4 is 11.0 Å². The Bertz CT molecular complexity index is 552. The van der Waals surface area contributed by atoms with Gasteiger partial charge >= 0.3 is 0 Å². The lowest BCUT2D eigenvalue weighted by Crippen LogP contribution is -2.38. The summed E-state index contributed by atoms with van der Waals surface area (Å²) >= 11 is 0. The number of nitrogens with one attached hydrogen (secondary N) is 1. The molecule has 3 nitrogen and oxygen atoms in total. The van der Waals surface area contributed by atoms with Crippen LogP contribution in [0.5, 0.6) is 0 Å². The van der Waals surface area contributed by atoms with E-state index in [-0.39, 0.29) is 5.41 Å². The Labute approximate surface area is 114 Å². The standard InChI is InChI=1S/C16H23N3/c1-11-8-13-14(9-12(11)2)19-15(18-13)16(10-17)6-4-3-5-7-16/h8-9H,3-7,10,17H2,1-2H3,(H,18,19). The number of aromatic amines is 1. The zero-order valence-electron chi connectivity index (χ0n) is 11.9. The second kappa shape index (κ2) is 4.64. The Hall–Kier alpha value is -1.35.